The van der Waals surface area contributed by atoms with Crippen molar-refractivity contribution in [2.75, 3.05) is 13.1 Å². The van der Waals surface area contributed by atoms with Gasteiger partial charge in [-0.05, 0) is 59.0 Å². The van der Waals surface area contributed by atoms with Crippen molar-refractivity contribution in [2.24, 2.45) is 5.41 Å². The number of piperidine rings is 1. The minimum Gasteiger partial charge on any atom is -0.339 e. The van der Waals surface area contributed by atoms with E-state index in [0.29, 0.717) is 18.7 Å². The molecule has 0 N–H and O–H groups in total. The average Bonchev–Trinajstić information content (AvgIpc) is 2.36. The van der Waals surface area contributed by atoms with Gasteiger partial charge in [-0.2, -0.15) is 13.2 Å². The van der Waals surface area contributed by atoms with E-state index in [1.54, 1.807) is 27.5 Å². The van der Waals surface area contributed by atoms with Crippen molar-refractivity contribution < 1.29 is 18.0 Å². The number of hydrogen-bond donors (Lipinski definition) is 0. The van der Waals surface area contributed by atoms with Crippen molar-refractivity contribution in [1.29, 1.82) is 0 Å². The number of likely N-dealkylation sites (tertiary alicyclic amines) is 1. The first-order chi connectivity index (χ1) is 9.60. The average molecular weight is 411 g/mol. The summed E-state index contributed by atoms with van der Waals surface area (Å²) in [6.45, 7) is 5.64. The SMILES string of the molecule is CC1(C)CCN(C(=O)c2ccc(C(F)(F)F)c(I)c2)CC1. The first-order valence-corrected chi connectivity index (χ1v) is 7.84. The van der Waals surface area contributed by atoms with Crippen molar-refractivity contribution in [1.82, 2.24) is 4.90 Å². The Hall–Kier alpha value is -0.790. The van der Waals surface area contributed by atoms with E-state index in [1.807, 2.05) is 0 Å². The third kappa shape index (κ3) is 3.90. The molecule has 1 aromatic carbocycles. The predicted octanol–water partition coefficient (Wildman–Crippen LogP) is 4.57. The van der Waals surface area contributed by atoms with E-state index in [-0.39, 0.29) is 14.9 Å². The molecule has 0 aliphatic carbocycles. The van der Waals surface area contributed by atoms with E-state index in [9.17, 15) is 18.0 Å². The fourth-order valence-electron chi connectivity index (χ4n) is 2.38. The molecule has 1 amide bonds. The molecule has 0 unspecified atom stereocenters. The van der Waals surface area contributed by atoms with Crippen LogP contribution >= 0.6 is 22.6 Å². The van der Waals surface area contributed by atoms with E-state index in [2.05, 4.69) is 13.8 Å². The first-order valence-electron chi connectivity index (χ1n) is 6.76. The number of benzene rings is 1. The summed E-state index contributed by atoms with van der Waals surface area (Å²) < 4.78 is 38.2. The Morgan fingerprint density at radius 3 is 2.29 bits per heavy atom. The molecule has 1 saturated heterocycles. The van der Waals surface area contributed by atoms with Crippen LogP contribution in [0, 0.1) is 8.99 Å². The second kappa shape index (κ2) is 5.78. The van der Waals surface area contributed by atoms with Crippen molar-refractivity contribution in [3.63, 3.8) is 0 Å². The molecular formula is C15H17F3INO. The van der Waals surface area contributed by atoms with Crippen LogP contribution in [0.4, 0.5) is 13.2 Å². The summed E-state index contributed by atoms with van der Waals surface area (Å²) in [5.74, 6) is -0.183. The lowest BCUT2D eigenvalue weighted by atomic mass is 9.82. The molecule has 1 fully saturated rings. The van der Waals surface area contributed by atoms with Gasteiger partial charge in [0, 0.05) is 22.2 Å². The Morgan fingerprint density at radius 2 is 1.81 bits per heavy atom. The number of rotatable bonds is 1. The molecular weight excluding hydrogens is 394 g/mol. The quantitative estimate of drug-likeness (QED) is 0.620. The third-order valence-electron chi connectivity index (χ3n) is 3.93. The molecule has 21 heavy (non-hydrogen) atoms. The smallest absolute Gasteiger partial charge is 0.339 e. The Labute approximate surface area is 135 Å². The number of hydrogen-bond acceptors (Lipinski definition) is 1. The number of amides is 1. The Bertz CT molecular complexity index is 544. The molecule has 2 nitrogen and oxygen atoms in total. The summed E-state index contributed by atoms with van der Waals surface area (Å²) in [4.78, 5) is 14.1. The van der Waals surface area contributed by atoms with E-state index in [4.69, 9.17) is 0 Å². The molecule has 2 rings (SSSR count). The molecule has 1 aromatic rings. The monoisotopic (exact) mass is 411 g/mol. The van der Waals surface area contributed by atoms with Gasteiger partial charge in [0.05, 0.1) is 5.56 Å². The Balaban J connectivity index is 2.16. The second-order valence-corrected chi connectivity index (χ2v) is 7.31. The highest BCUT2D eigenvalue weighted by molar-refractivity contribution is 14.1. The van der Waals surface area contributed by atoms with Crippen LogP contribution in [0.15, 0.2) is 18.2 Å². The topological polar surface area (TPSA) is 20.3 Å². The van der Waals surface area contributed by atoms with Crippen LogP contribution in [-0.4, -0.2) is 23.9 Å². The van der Waals surface area contributed by atoms with Crippen LogP contribution < -0.4 is 0 Å². The normalized spacial score (nSPS) is 18.7. The van der Waals surface area contributed by atoms with Gasteiger partial charge in [-0.25, -0.2) is 0 Å². The molecule has 0 radical (unpaired) electrons. The summed E-state index contributed by atoms with van der Waals surface area (Å²) in [6.07, 6.45) is -2.56. The van der Waals surface area contributed by atoms with E-state index >= 15 is 0 Å². The molecule has 0 bridgehead atoms. The third-order valence-corrected chi connectivity index (χ3v) is 4.82. The van der Waals surface area contributed by atoms with Gasteiger partial charge in [0.25, 0.3) is 5.91 Å². The zero-order valence-electron chi connectivity index (χ0n) is 11.9. The maximum Gasteiger partial charge on any atom is 0.417 e. The summed E-state index contributed by atoms with van der Waals surface area (Å²) in [6, 6.07) is 3.58. The molecule has 1 aliphatic rings. The highest BCUT2D eigenvalue weighted by Crippen LogP contribution is 2.34. The highest BCUT2D eigenvalue weighted by atomic mass is 127. The molecule has 1 heterocycles. The molecule has 116 valence electrons. The number of carbonyl (C=O) groups excluding carboxylic acids is 1. The van der Waals surface area contributed by atoms with Gasteiger partial charge in [0.1, 0.15) is 0 Å². The maximum atomic E-state index is 12.7. The predicted molar refractivity (Wildman–Crippen MR) is 83.1 cm³/mol. The number of alkyl halides is 3. The summed E-state index contributed by atoms with van der Waals surface area (Å²) >= 11 is 1.63. The minimum absolute atomic E-state index is 0.0586. The molecule has 1 aliphatic heterocycles. The van der Waals surface area contributed by atoms with Crippen molar-refractivity contribution in [3.8, 4) is 0 Å². The highest BCUT2D eigenvalue weighted by Gasteiger charge is 2.34. The molecule has 0 atom stereocenters. The first kappa shape index (κ1) is 16.6. The standard InChI is InChI=1S/C15H17F3INO/c1-14(2)5-7-20(8-6-14)13(21)10-3-4-11(12(19)9-10)15(16,17)18/h3-4,9H,5-8H2,1-2H3. The van der Waals surface area contributed by atoms with Crippen LogP contribution in [0.3, 0.4) is 0 Å². The van der Waals surface area contributed by atoms with Crippen molar-refractivity contribution in [2.45, 2.75) is 32.9 Å². The lowest BCUT2D eigenvalue weighted by molar-refractivity contribution is -0.138. The van der Waals surface area contributed by atoms with Crippen LogP contribution in [0.5, 0.6) is 0 Å². The maximum absolute atomic E-state index is 12.7. The second-order valence-electron chi connectivity index (χ2n) is 6.15. The van der Waals surface area contributed by atoms with Crippen LogP contribution in [0.25, 0.3) is 0 Å². The number of carbonyl (C=O) groups is 1. The molecule has 0 spiro atoms. The molecule has 0 aromatic heterocycles. The van der Waals surface area contributed by atoms with Crippen LogP contribution in [0.2, 0.25) is 0 Å². The molecule has 6 heteroatoms. The van der Waals surface area contributed by atoms with E-state index < -0.39 is 11.7 Å². The van der Waals surface area contributed by atoms with Gasteiger partial charge in [-0.1, -0.05) is 13.8 Å². The summed E-state index contributed by atoms with van der Waals surface area (Å²) in [7, 11) is 0. The fraction of sp³-hybridized carbons (Fsp3) is 0.533. The zero-order valence-corrected chi connectivity index (χ0v) is 14.1. The number of halogens is 4. The Kier molecular flexibility index (Phi) is 4.56. The van der Waals surface area contributed by atoms with Gasteiger partial charge in [-0.15, -0.1) is 0 Å². The molecule has 0 saturated carbocycles. The summed E-state index contributed by atoms with van der Waals surface area (Å²) in [5, 5.41) is 0. The lowest BCUT2D eigenvalue weighted by Gasteiger charge is -2.37. The van der Waals surface area contributed by atoms with Crippen LogP contribution in [0.1, 0.15) is 42.6 Å². The van der Waals surface area contributed by atoms with Crippen LogP contribution in [-0.2, 0) is 6.18 Å². The Morgan fingerprint density at radius 1 is 1.24 bits per heavy atom. The van der Waals surface area contributed by atoms with Gasteiger partial charge in [0.2, 0.25) is 0 Å². The van der Waals surface area contributed by atoms with Gasteiger partial charge >= 0.3 is 6.18 Å². The van der Waals surface area contributed by atoms with Crippen molar-refractivity contribution in [3.05, 3.63) is 32.9 Å². The number of nitrogens with zero attached hydrogens (tertiary/aromatic N) is 1. The summed E-state index contributed by atoms with van der Waals surface area (Å²) in [5.41, 5.74) is -0.141. The minimum atomic E-state index is -4.38. The van der Waals surface area contributed by atoms with E-state index in [1.165, 1.54) is 12.1 Å². The largest absolute Gasteiger partial charge is 0.417 e. The van der Waals surface area contributed by atoms with Gasteiger partial charge in [0.15, 0.2) is 0 Å². The van der Waals surface area contributed by atoms with E-state index in [0.717, 1.165) is 18.9 Å². The fourth-order valence-corrected chi connectivity index (χ4v) is 3.20. The van der Waals surface area contributed by atoms with Gasteiger partial charge in [-0.3, -0.25) is 4.79 Å². The lowest BCUT2D eigenvalue weighted by Crippen LogP contribution is -2.41. The van der Waals surface area contributed by atoms with Crippen molar-refractivity contribution >= 4 is 28.5 Å². The van der Waals surface area contributed by atoms with Gasteiger partial charge < -0.3 is 4.90 Å². The zero-order chi connectivity index (χ0) is 15.8.